The summed E-state index contributed by atoms with van der Waals surface area (Å²) in [4.78, 5) is 6.53. The Morgan fingerprint density at radius 3 is 2.52 bits per heavy atom. The molecule has 1 N–H and O–H groups in total. The average molecular weight is 309 g/mol. The zero-order valence-electron chi connectivity index (χ0n) is 14.5. The minimum Gasteiger partial charge on any atom is -0.312 e. The summed E-state index contributed by atoms with van der Waals surface area (Å²) in [6, 6.07) is 0. The lowest BCUT2D eigenvalue weighted by Gasteiger charge is -2.33. The van der Waals surface area contributed by atoms with Gasteiger partial charge in [0.1, 0.15) is 0 Å². The van der Waals surface area contributed by atoms with E-state index >= 15 is 0 Å². The molecule has 1 aromatic rings. The van der Waals surface area contributed by atoms with Gasteiger partial charge in [0.05, 0.1) is 10.7 Å². The van der Waals surface area contributed by atoms with E-state index in [4.69, 9.17) is 4.98 Å². The van der Waals surface area contributed by atoms with Gasteiger partial charge in [-0.25, -0.2) is 4.98 Å². The smallest absolute Gasteiger partial charge is 0.0962 e. The van der Waals surface area contributed by atoms with Gasteiger partial charge in [-0.1, -0.05) is 34.6 Å². The number of hydrogen-bond donors (Lipinski definition) is 1. The van der Waals surface area contributed by atoms with Gasteiger partial charge in [-0.3, -0.25) is 0 Å². The normalized spacial score (nSPS) is 19.3. The summed E-state index contributed by atoms with van der Waals surface area (Å²) in [5.74, 6) is 1.40. The van der Waals surface area contributed by atoms with Crippen molar-refractivity contribution in [2.24, 2.45) is 11.3 Å². The zero-order chi connectivity index (χ0) is 15.5. The highest BCUT2D eigenvalue weighted by atomic mass is 32.1. The molecule has 1 saturated carbocycles. The van der Waals surface area contributed by atoms with E-state index in [1.807, 2.05) is 11.3 Å². The molecule has 1 fully saturated rings. The summed E-state index contributed by atoms with van der Waals surface area (Å²) in [6.45, 7) is 13.6. The fourth-order valence-corrected chi connectivity index (χ4v) is 4.38. The highest BCUT2D eigenvalue weighted by Gasteiger charge is 2.29. The average Bonchev–Trinajstić information content (AvgIpc) is 2.78. The van der Waals surface area contributed by atoms with E-state index < -0.39 is 0 Å². The molecule has 2 nitrogen and oxygen atoms in total. The van der Waals surface area contributed by atoms with Gasteiger partial charge in [-0.05, 0) is 50.0 Å². The fraction of sp³-hybridized carbons (Fsp3) is 0.833. The van der Waals surface area contributed by atoms with E-state index in [0.717, 1.165) is 19.5 Å². The highest BCUT2D eigenvalue weighted by Crippen LogP contribution is 2.43. The molecule has 1 heterocycles. The summed E-state index contributed by atoms with van der Waals surface area (Å²) in [5.41, 5.74) is 1.90. The number of aromatic nitrogens is 1. The summed E-state index contributed by atoms with van der Waals surface area (Å²) in [5, 5.41) is 4.89. The molecule has 1 aliphatic carbocycles. The highest BCUT2D eigenvalue weighted by molar-refractivity contribution is 7.11. The second-order valence-electron chi connectivity index (χ2n) is 7.74. The van der Waals surface area contributed by atoms with Crippen molar-refractivity contribution in [3.8, 4) is 0 Å². The summed E-state index contributed by atoms with van der Waals surface area (Å²) < 4.78 is 0. The van der Waals surface area contributed by atoms with Gasteiger partial charge in [0.15, 0.2) is 0 Å². The van der Waals surface area contributed by atoms with Crippen LogP contribution < -0.4 is 5.32 Å². The number of thiazole rings is 1. The molecule has 1 aliphatic rings. The molecular weight excluding hydrogens is 276 g/mol. The van der Waals surface area contributed by atoms with Crippen LogP contribution in [0.2, 0.25) is 0 Å². The molecule has 2 rings (SSSR count). The topological polar surface area (TPSA) is 24.9 Å². The lowest BCUT2D eigenvalue weighted by molar-refractivity contribution is 0.224. The van der Waals surface area contributed by atoms with Crippen molar-refractivity contribution in [2.45, 2.75) is 79.2 Å². The maximum Gasteiger partial charge on any atom is 0.0962 e. The summed E-state index contributed by atoms with van der Waals surface area (Å²) >= 11 is 1.97. The predicted molar refractivity (Wildman–Crippen MR) is 93.0 cm³/mol. The minimum atomic E-state index is 0.543. The van der Waals surface area contributed by atoms with Gasteiger partial charge in [0.2, 0.25) is 0 Å². The Morgan fingerprint density at radius 1 is 1.29 bits per heavy atom. The van der Waals surface area contributed by atoms with Gasteiger partial charge in [-0.15, -0.1) is 11.3 Å². The van der Waals surface area contributed by atoms with Crippen LogP contribution in [0.1, 0.15) is 81.8 Å². The van der Waals surface area contributed by atoms with Gasteiger partial charge >= 0.3 is 0 Å². The molecule has 0 aliphatic heterocycles. The third kappa shape index (κ3) is 4.79. The lowest BCUT2D eigenvalue weighted by atomic mass is 9.73. The van der Waals surface area contributed by atoms with E-state index in [1.165, 1.54) is 41.3 Å². The molecular formula is C18H32N2S. The quantitative estimate of drug-likeness (QED) is 0.787. The van der Waals surface area contributed by atoms with Crippen LogP contribution in [0.5, 0.6) is 0 Å². The van der Waals surface area contributed by atoms with Crippen molar-refractivity contribution in [3.63, 3.8) is 0 Å². The lowest BCUT2D eigenvalue weighted by Crippen LogP contribution is -2.20. The molecule has 3 heteroatoms. The molecule has 21 heavy (non-hydrogen) atoms. The fourth-order valence-electron chi connectivity index (χ4n) is 3.15. The first kappa shape index (κ1) is 17.0. The minimum absolute atomic E-state index is 0.543. The number of nitrogens with zero attached hydrogens (tertiary/aromatic N) is 1. The Balaban J connectivity index is 2.10. The first-order chi connectivity index (χ1) is 9.91. The predicted octanol–water partition coefficient (Wildman–Crippen LogP) is 5.13. The van der Waals surface area contributed by atoms with Crippen LogP contribution in [0, 0.1) is 11.3 Å². The van der Waals surface area contributed by atoms with Crippen molar-refractivity contribution in [2.75, 3.05) is 6.54 Å². The molecule has 0 amide bonds. The van der Waals surface area contributed by atoms with Crippen molar-refractivity contribution in [1.29, 1.82) is 0 Å². The van der Waals surface area contributed by atoms with E-state index in [9.17, 15) is 0 Å². The number of hydrogen-bond acceptors (Lipinski definition) is 3. The first-order valence-corrected chi connectivity index (χ1v) is 9.42. The summed E-state index contributed by atoms with van der Waals surface area (Å²) in [6.07, 6.45) is 6.46. The molecule has 120 valence electrons. The second-order valence-corrected chi connectivity index (χ2v) is 8.85. The standard InChI is InChI=1S/C18H32N2S/c1-6-19-12-16-15(11-13(2)3)20-17(21-16)14-7-9-18(4,5)10-8-14/h13-14,19H,6-12H2,1-5H3. The van der Waals surface area contributed by atoms with Crippen LogP contribution in [-0.2, 0) is 13.0 Å². The van der Waals surface area contributed by atoms with E-state index in [1.54, 1.807) is 0 Å². The Hall–Kier alpha value is -0.410. The van der Waals surface area contributed by atoms with Crippen molar-refractivity contribution < 1.29 is 0 Å². The molecule has 0 saturated heterocycles. The molecule has 0 bridgehead atoms. The van der Waals surface area contributed by atoms with Gasteiger partial charge in [0.25, 0.3) is 0 Å². The molecule has 0 spiro atoms. The van der Waals surface area contributed by atoms with E-state index in [2.05, 4.69) is 39.9 Å². The third-order valence-electron chi connectivity index (χ3n) is 4.62. The van der Waals surface area contributed by atoms with Crippen LogP contribution in [0.4, 0.5) is 0 Å². The molecule has 0 radical (unpaired) electrons. The zero-order valence-corrected chi connectivity index (χ0v) is 15.3. The van der Waals surface area contributed by atoms with Gasteiger partial charge in [-0.2, -0.15) is 0 Å². The SMILES string of the molecule is CCNCc1sc(C2CCC(C)(C)CC2)nc1CC(C)C. The van der Waals surface area contributed by atoms with Crippen molar-refractivity contribution in [3.05, 3.63) is 15.6 Å². The largest absolute Gasteiger partial charge is 0.312 e. The Bertz CT molecular complexity index is 438. The van der Waals surface area contributed by atoms with Gasteiger partial charge < -0.3 is 5.32 Å². The maximum atomic E-state index is 5.05. The van der Waals surface area contributed by atoms with Crippen LogP contribution in [-0.4, -0.2) is 11.5 Å². The molecule has 0 aromatic carbocycles. The van der Waals surface area contributed by atoms with Crippen LogP contribution >= 0.6 is 11.3 Å². The maximum absolute atomic E-state index is 5.05. The number of nitrogens with one attached hydrogen (secondary N) is 1. The second kappa shape index (κ2) is 7.23. The Labute approximate surface area is 134 Å². The van der Waals surface area contributed by atoms with Gasteiger partial charge in [0, 0.05) is 17.3 Å². The van der Waals surface area contributed by atoms with Crippen LogP contribution in [0.3, 0.4) is 0 Å². The third-order valence-corrected chi connectivity index (χ3v) is 5.88. The van der Waals surface area contributed by atoms with Crippen molar-refractivity contribution in [1.82, 2.24) is 10.3 Å². The first-order valence-electron chi connectivity index (χ1n) is 8.60. The van der Waals surface area contributed by atoms with E-state index in [0.29, 0.717) is 17.3 Å². The van der Waals surface area contributed by atoms with Crippen LogP contribution in [0.25, 0.3) is 0 Å². The molecule has 0 atom stereocenters. The monoisotopic (exact) mass is 308 g/mol. The molecule has 1 aromatic heterocycles. The van der Waals surface area contributed by atoms with E-state index in [-0.39, 0.29) is 0 Å². The number of rotatable bonds is 6. The Morgan fingerprint density at radius 2 is 1.95 bits per heavy atom. The van der Waals surface area contributed by atoms with Crippen molar-refractivity contribution >= 4 is 11.3 Å². The Kier molecular flexibility index (Phi) is 5.84. The van der Waals surface area contributed by atoms with Crippen LogP contribution in [0.15, 0.2) is 0 Å². The molecule has 0 unspecified atom stereocenters. The summed E-state index contributed by atoms with van der Waals surface area (Å²) in [7, 11) is 0.